The lowest BCUT2D eigenvalue weighted by Crippen LogP contribution is -2.27. The molecule has 4 nitrogen and oxygen atoms in total. The number of aromatic nitrogens is 1. The first kappa shape index (κ1) is 12.2. The highest BCUT2D eigenvalue weighted by molar-refractivity contribution is 6.35. The zero-order chi connectivity index (χ0) is 11.4. The van der Waals surface area contributed by atoms with E-state index in [2.05, 4.69) is 10.5 Å². The minimum atomic E-state index is -0.446. The van der Waals surface area contributed by atoms with Gasteiger partial charge in [0.05, 0.1) is 16.7 Å². The lowest BCUT2D eigenvalue weighted by Gasteiger charge is -2.09. The third kappa shape index (κ3) is 3.66. The molecule has 1 aromatic heterocycles. The number of nitrogens with zero attached hydrogens (tertiary/aromatic N) is 1. The first-order valence-corrected chi connectivity index (χ1v) is 5.03. The van der Waals surface area contributed by atoms with Gasteiger partial charge in [-0.3, -0.25) is 9.63 Å². The number of hydrogen-bond acceptors (Lipinski definition) is 3. The third-order valence-electron chi connectivity index (χ3n) is 1.45. The van der Waals surface area contributed by atoms with Crippen molar-refractivity contribution in [3.63, 3.8) is 0 Å². The van der Waals surface area contributed by atoms with Crippen LogP contribution >= 0.6 is 23.2 Å². The maximum Gasteiger partial charge on any atom is 0.276 e. The highest BCUT2D eigenvalue weighted by atomic mass is 35.5. The van der Waals surface area contributed by atoms with Crippen molar-refractivity contribution in [1.29, 1.82) is 0 Å². The topological polar surface area (TPSA) is 51.2 Å². The molecule has 0 fully saturated rings. The van der Waals surface area contributed by atoms with Crippen molar-refractivity contribution in [2.24, 2.45) is 0 Å². The summed E-state index contributed by atoms with van der Waals surface area (Å²) in [4.78, 5) is 20.2. The monoisotopic (exact) mass is 248 g/mol. The molecule has 1 N–H and O–H groups in total. The summed E-state index contributed by atoms with van der Waals surface area (Å²) in [6.45, 7) is 3.59. The Balaban J connectivity index is 2.77. The van der Waals surface area contributed by atoms with E-state index in [0.717, 1.165) is 0 Å². The SMILES string of the molecule is CC(C)ONC(=O)c1cc(Cl)ncc1Cl. The van der Waals surface area contributed by atoms with E-state index in [1.54, 1.807) is 13.8 Å². The zero-order valence-electron chi connectivity index (χ0n) is 8.25. The fourth-order valence-corrected chi connectivity index (χ4v) is 1.16. The molecule has 0 bridgehead atoms. The number of carbonyl (C=O) groups excluding carboxylic acids is 1. The maximum absolute atomic E-state index is 11.5. The summed E-state index contributed by atoms with van der Waals surface area (Å²) in [5.74, 6) is -0.446. The van der Waals surface area contributed by atoms with Crippen LogP contribution in [-0.2, 0) is 4.84 Å². The molecular weight excluding hydrogens is 239 g/mol. The first-order chi connectivity index (χ1) is 7.00. The lowest BCUT2D eigenvalue weighted by atomic mass is 10.2. The van der Waals surface area contributed by atoms with Gasteiger partial charge in [0, 0.05) is 6.20 Å². The summed E-state index contributed by atoms with van der Waals surface area (Å²) in [5, 5.41) is 0.429. The Morgan fingerprint density at radius 2 is 2.20 bits per heavy atom. The molecule has 0 aliphatic rings. The summed E-state index contributed by atoms with van der Waals surface area (Å²) >= 11 is 11.4. The Kier molecular flexibility index (Phi) is 4.32. The molecule has 0 aromatic carbocycles. The van der Waals surface area contributed by atoms with Crippen molar-refractivity contribution in [1.82, 2.24) is 10.5 Å². The third-order valence-corrected chi connectivity index (χ3v) is 1.96. The Bertz CT molecular complexity index is 369. The summed E-state index contributed by atoms with van der Waals surface area (Å²) in [5.41, 5.74) is 2.49. The van der Waals surface area contributed by atoms with Gasteiger partial charge in [-0.15, -0.1) is 0 Å². The molecule has 0 unspecified atom stereocenters. The molecule has 6 heteroatoms. The van der Waals surface area contributed by atoms with Crippen LogP contribution in [0.4, 0.5) is 0 Å². The molecule has 82 valence electrons. The molecule has 0 atom stereocenters. The van der Waals surface area contributed by atoms with E-state index in [4.69, 9.17) is 28.0 Å². The van der Waals surface area contributed by atoms with Gasteiger partial charge in [0.1, 0.15) is 5.15 Å². The van der Waals surface area contributed by atoms with Crippen LogP contribution in [0.3, 0.4) is 0 Å². The fourth-order valence-electron chi connectivity index (χ4n) is 0.814. The molecule has 0 saturated carbocycles. The van der Waals surface area contributed by atoms with Gasteiger partial charge in [-0.05, 0) is 19.9 Å². The standard InChI is InChI=1S/C9H10Cl2N2O2/c1-5(2)15-13-9(14)6-3-8(11)12-4-7(6)10/h3-5H,1-2H3,(H,13,14). The number of hydrogen-bond donors (Lipinski definition) is 1. The van der Waals surface area contributed by atoms with Crippen LogP contribution in [-0.4, -0.2) is 17.0 Å². The van der Waals surface area contributed by atoms with Gasteiger partial charge < -0.3 is 0 Å². The quantitative estimate of drug-likeness (QED) is 0.661. The summed E-state index contributed by atoms with van der Waals surface area (Å²) < 4.78 is 0. The second-order valence-electron chi connectivity index (χ2n) is 3.08. The number of hydroxylamine groups is 1. The van der Waals surface area contributed by atoms with Crippen molar-refractivity contribution in [2.45, 2.75) is 20.0 Å². The van der Waals surface area contributed by atoms with Crippen molar-refractivity contribution in [3.05, 3.63) is 28.0 Å². The fraction of sp³-hybridized carbons (Fsp3) is 0.333. The van der Waals surface area contributed by atoms with E-state index in [1.807, 2.05) is 0 Å². The Morgan fingerprint density at radius 1 is 1.53 bits per heavy atom. The van der Waals surface area contributed by atoms with Crippen LogP contribution in [0.1, 0.15) is 24.2 Å². The predicted octanol–water partition coefficient (Wildman–Crippen LogP) is 2.46. The van der Waals surface area contributed by atoms with Gasteiger partial charge in [0.2, 0.25) is 0 Å². The number of carbonyl (C=O) groups is 1. The maximum atomic E-state index is 11.5. The minimum Gasteiger partial charge on any atom is -0.271 e. The van der Waals surface area contributed by atoms with E-state index >= 15 is 0 Å². The van der Waals surface area contributed by atoms with E-state index in [0.29, 0.717) is 0 Å². The van der Waals surface area contributed by atoms with Crippen molar-refractivity contribution in [2.75, 3.05) is 0 Å². The minimum absolute atomic E-state index is 0.106. The van der Waals surface area contributed by atoms with E-state index in [1.165, 1.54) is 12.3 Å². The van der Waals surface area contributed by atoms with Crippen LogP contribution in [0.25, 0.3) is 0 Å². The second-order valence-corrected chi connectivity index (χ2v) is 3.88. The highest BCUT2D eigenvalue weighted by Crippen LogP contribution is 2.17. The zero-order valence-corrected chi connectivity index (χ0v) is 9.76. The molecule has 0 radical (unpaired) electrons. The van der Waals surface area contributed by atoms with E-state index < -0.39 is 5.91 Å². The van der Waals surface area contributed by atoms with Gasteiger partial charge in [-0.2, -0.15) is 0 Å². The summed E-state index contributed by atoms with van der Waals surface area (Å²) in [6.07, 6.45) is 1.21. The van der Waals surface area contributed by atoms with Crippen molar-refractivity contribution in [3.8, 4) is 0 Å². The first-order valence-electron chi connectivity index (χ1n) is 4.27. The summed E-state index contributed by atoms with van der Waals surface area (Å²) in [7, 11) is 0. The molecule has 0 saturated heterocycles. The number of rotatable bonds is 3. The van der Waals surface area contributed by atoms with Crippen LogP contribution in [0.15, 0.2) is 12.3 Å². The molecular formula is C9H10Cl2N2O2. The van der Waals surface area contributed by atoms with Gasteiger partial charge in [0.25, 0.3) is 5.91 Å². The molecule has 1 aromatic rings. The lowest BCUT2D eigenvalue weighted by molar-refractivity contribution is 0.000192. The second kappa shape index (κ2) is 5.30. The Hall–Kier alpha value is -0.840. The van der Waals surface area contributed by atoms with Crippen LogP contribution in [0.5, 0.6) is 0 Å². The van der Waals surface area contributed by atoms with Crippen LogP contribution < -0.4 is 5.48 Å². The number of halogens is 2. The van der Waals surface area contributed by atoms with E-state index in [-0.39, 0.29) is 21.8 Å². The van der Waals surface area contributed by atoms with Crippen LogP contribution in [0.2, 0.25) is 10.2 Å². The average Bonchev–Trinajstić information content (AvgIpc) is 2.18. The Labute approximate surface area is 97.5 Å². The van der Waals surface area contributed by atoms with E-state index in [9.17, 15) is 4.79 Å². The highest BCUT2D eigenvalue weighted by Gasteiger charge is 2.12. The van der Waals surface area contributed by atoms with Crippen molar-refractivity contribution >= 4 is 29.1 Å². The molecule has 15 heavy (non-hydrogen) atoms. The van der Waals surface area contributed by atoms with Gasteiger partial charge in [-0.25, -0.2) is 10.5 Å². The molecule has 0 spiro atoms. The largest absolute Gasteiger partial charge is 0.276 e. The molecule has 0 aliphatic heterocycles. The molecule has 1 rings (SSSR count). The molecule has 1 amide bonds. The summed E-state index contributed by atoms with van der Waals surface area (Å²) in [6, 6.07) is 1.38. The molecule has 0 aliphatic carbocycles. The number of amides is 1. The predicted molar refractivity (Wildman–Crippen MR) is 57.9 cm³/mol. The Morgan fingerprint density at radius 3 is 2.80 bits per heavy atom. The van der Waals surface area contributed by atoms with Crippen molar-refractivity contribution < 1.29 is 9.63 Å². The molecule has 1 heterocycles. The number of pyridine rings is 1. The van der Waals surface area contributed by atoms with Gasteiger partial charge >= 0.3 is 0 Å². The average molecular weight is 249 g/mol. The smallest absolute Gasteiger partial charge is 0.271 e. The normalized spacial score (nSPS) is 10.5. The van der Waals surface area contributed by atoms with Gasteiger partial charge in [0.15, 0.2) is 0 Å². The van der Waals surface area contributed by atoms with Crippen LogP contribution in [0, 0.1) is 0 Å². The van der Waals surface area contributed by atoms with Gasteiger partial charge in [-0.1, -0.05) is 23.2 Å². The number of nitrogens with one attached hydrogen (secondary N) is 1.